The fourth-order valence-electron chi connectivity index (χ4n) is 2.75. The highest BCUT2D eigenvalue weighted by atomic mass is 35.5. The monoisotopic (exact) mass is 299 g/mol. The van der Waals surface area contributed by atoms with E-state index >= 15 is 0 Å². The molecule has 1 aliphatic rings. The molecule has 1 saturated heterocycles. The number of carbonyl (C=O) groups is 1. The third kappa shape index (κ3) is 4.18. The highest BCUT2D eigenvalue weighted by Crippen LogP contribution is 2.24. The molecule has 1 N–H and O–H groups in total. The summed E-state index contributed by atoms with van der Waals surface area (Å²) in [5.74, 6) is -1.06. The van der Waals surface area contributed by atoms with Gasteiger partial charge in [-0.15, -0.1) is 0 Å². The largest absolute Gasteiger partial charge is 0.481 e. The Morgan fingerprint density at radius 1 is 1.45 bits per heavy atom. The van der Waals surface area contributed by atoms with E-state index in [4.69, 9.17) is 16.7 Å². The molecule has 0 radical (unpaired) electrons. The summed E-state index contributed by atoms with van der Waals surface area (Å²) in [6, 6.07) is 4.96. The van der Waals surface area contributed by atoms with Gasteiger partial charge in [0.05, 0.1) is 0 Å². The Bertz CT molecular complexity index is 481. The van der Waals surface area contributed by atoms with Crippen molar-refractivity contribution in [3.8, 4) is 0 Å². The van der Waals surface area contributed by atoms with Gasteiger partial charge < -0.3 is 5.11 Å². The molecular formula is C15H19ClFNO2. The Kier molecular flexibility index (Phi) is 5.38. The second-order valence-electron chi connectivity index (χ2n) is 5.29. The third-order valence-electron chi connectivity index (χ3n) is 3.83. The van der Waals surface area contributed by atoms with Crippen molar-refractivity contribution >= 4 is 17.6 Å². The first kappa shape index (κ1) is 15.3. The van der Waals surface area contributed by atoms with Crippen LogP contribution in [0, 0.1) is 5.82 Å². The molecule has 1 aromatic rings. The molecule has 0 amide bonds. The van der Waals surface area contributed by atoms with Crippen LogP contribution in [0.2, 0.25) is 5.02 Å². The SMILES string of the molecule is O=C(O)CCC1CCCCN1Cc1ccc(Cl)cc1F. The Balaban J connectivity index is 2.02. The van der Waals surface area contributed by atoms with E-state index in [9.17, 15) is 9.18 Å². The minimum atomic E-state index is -0.770. The van der Waals surface area contributed by atoms with Crippen LogP contribution < -0.4 is 0 Å². The molecule has 1 aliphatic heterocycles. The van der Waals surface area contributed by atoms with E-state index in [1.165, 1.54) is 6.07 Å². The molecule has 1 fully saturated rings. The molecule has 1 unspecified atom stereocenters. The number of hydrogen-bond acceptors (Lipinski definition) is 2. The molecule has 20 heavy (non-hydrogen) atoms. The Labute approximate surface area is 123 Å². The molecular weight excluding hydrogens is 281 g/mol. The standard InChI is InChI=1S/C15H19ClFNO2/c16-12-5-4-11(14(17)9-12)10-18-8-2-1-3-13(18)6-7-15(19)20/h4-5,9,13H,1-3,6-8,10H2,(H,19,20). The van der Waals surface area contributed by atoms with Crippen molar-refractivity contribution < 1.29 is 14.3 Å². The van der Waals surface area contributed by atoms with Gasteiger partial charge in [-0.2, -0.15) is 0 Å². The minimum absolute atomic E-state index is 0.171. The van der Waals surface area contributed by atoms with Crippen LogP contribution in [0.4, 0.5) is 4.39 Å². The van der Waals surface area contributed by atoms with Crippen molar-refractivity contribution in [3.63, 3.8) is 0 Å². The lowest BCUT2D eigenvalue weighted by molar-refractivity contribution is -0.137. The van der Waals surface area contributed by atoms with Crippen LogP contribution in [0.1, 0.15) is 37.7 Å². The maximum Gasteiger partial charge on any atom is 0.303 e. The number of aliphatic carboxylic acids is 1. The molecule has 0 spiro atoms. The molecule has 0 bridgehead atoms. The van der Waals surface area contributed by atoms with Crippen LogP contribution in [-0.2, 0) is 11.3 Å². The quantitative estimate of drug-likeness (QED) is 0.901. The number of likely N-dealkylation sites (tertiary alicyclic amines) is 1. The number of nitrogens with zero attached hydrogens (tertiary/aromatic N) is 1. The van der Waals surface area contributed by atoms with Gasteiger partial charge in [0.2, 0.25) is 0 Å². The predicted molar refractivity (Wildman–Crippen MR) is 76.3 cm³/mol. The lowest BCUT2D eigenvalue weighted by atomic mass is 9.97. The highest BCUT2D eigenvalue weighted by molar-refractivity contribution is 6.30. The zero-order chi connectivity index (χ0) is 14.5. The van der Waals surface area contributed by atoms with Gasteiger partial charge in [0.25, 0.3) is 0 Å². The molecule has 0 aliphatic carbocycles. The minimum Gasteiger partial charge on any atom is -0.481 e. The molecule has 0 saturated carbocycles. The number of benzene rings is 1. The van der Waals surface area contributed by atoms with Gasteiger partial charge in [-0.05, 0) is 37.9 Å². The van der Waals surface area contributed by atoms with Gasteiger partial charge in [-0.3, -0.25) is 9.69 Å². The van der Waals surface area contributed by atoms with E-state index in [0.29, 0.717) is 23.6 Å². The van der Waals surface area contributed by atoms with Gasteiger partial charge in [0.1, 0.15) is 5.82 Å². The summed E-state index contributed by atoms with van der Waals surface area (Å²) in [5, 5.41) is 9.20. The topological polar surface area (TPSA) is 40.5 Å². The molecule has 110 valence electrons. The van der Waals surface area contributed by atoms with Crippen molar-refractivity contribution in [2.24, 2.45) is 0 Å². The third-order valence-corrected chi connectivity index (χ3v) is 4.06. The lowest BCUT2D eigenvalue weighted by Gasteiger charge is -2.35. The summed E-state index contributed by atoms with van der Waals surface area (Å²) < 4.78 is 13.8. The lowest BCUT2D eigenvalue weighted by Crippen LogP contribution is -2.39. The van der Waals surface area contributed by atoms with Crippen LogP contribution in [0.25, 0.3) is 0 Å². The maximum atomic E-state index is 13.8. The van der Waals surface area contributed by atoms with Crippen molar-refractivity contribution in [2.75, 3.05) is 6.54 Å². The zero-order valence-corrected chi connectivity index (χ0v) is 12.1. The Morgan fingerprint density at radius 3 is 2.95 bits per heavy atom. The maximum absolute atomic E-state index is 13.8. The van der Waals surface area contributed by atoms with E-state index in [0.717, 1.165) is 25.8 Å². The first-order valence-electron chi connectivity index (χ1n) is 6.96. The number of hydrogen-bond donors (Lipinski definition) is 1. The smallest absolute Gasteiger partial charge is 0.303 e. The van der Waals surface area contributed by atoms with E-state index < -0.39 is 5.97 Å². The van der Waals surface area contributed by atoms with Gasteiger partial charge in [0.15, 0.2) is 0 Å². The van der Waals surface area contributed by atoms with Crippen LogP contribution >= 0.6 is 11.6 Å². The second-order valence-corrected chi connectivity index (χ2v) is 5.72. The van der Waals surface area contributed by atoms with Crippen LogP contribution in [0.5, 0.6) is 0 Å². The summed E-state index contributed by atoms with van der Waals surface area (Å²) in [5.41, 5.74) is 0.622. The number of piperidine rings is 1. The van der Waals surface area contributed by atoms with Crippen molar-refractivity contribution in [3.05, 3.63) is 34.6 Å². The molecule has 1 heterocycles. The van der Waals surface area contributed by atoms with Crippen molar-refractivity contribution in [1.29, 1.82) is 0 Å². The number of carboxylic acid groups (broad SMARTS) is 1. The Morgan fingerprint density at radius 2 is 2.25 bits per heavy atom. The van der Waals surface area contributed by atoms with Crippen LogP contribution in [0.15, 0.2) is 18.2 Å². The van der Waals surface area contributed by atoms with Crippen LogP contribution in [-0.4, -0.2) is 28.6 Å². The first-order chi connectivity index (χ1) is 9.56. The summed E-state index contributed by atoms with van der Waals surface area (Å²) in [4.78, 5) is 12.9. The summed E-state index contributed by atoms with van der Waals surface area (Å²) in [6.45, 7) is 1.42. The fraction of sp³-hybridized carbons (Fsp3) is 0.533. The molecule has 2 rings (SSSR count). The fourth-order valence-corrected chi connectivity index (χ4v) is 2.91. The first-order valence-corrected chi connectivity index (χ1v) is 7.34. The molecule has 0 aromatic heterocycles. The van der Waals surface area contributed by atoms with Gasteiger partial charge in [0, 0.05) is 29.6 Å². The number of carboxylic acids is 1. The average molecular weight is 300 g/mol. The highest BCUT2D eigenvalue weighted by Gasteiger charge is 2.23. The van der Waals surface area contributed by atoms with E-state index in [1.54, 1.807) is 12.1 Å². The average Bonchev–Trinajstić information content (AvgIpc) is 2.41. The normalized spacial score (nSPS) is 20.0. The van der Waals surface area contributed by atoms with Gasteiger partial charge in [-0.25, -0.2) is 4.39 Å². The number of halogens is 2. The molecule has 1 atom stereocenters. The zero-order valence-electron chi connectivity index (χ0n) is 11.3. The van der Waals surface area contributed by atoms with E-state index in [-0.39, 0.29) is 18.3 Å². The number of rotatable bonds is 5. The molecule has 5 heteroatoms. The summed E-state index contributed by atoms with van der Waals surface area (Å²) in [6.07, 6.45) is 3.99. The van der Waals surface area contributed by atoms with Crippen molar-refractivity contribution in [2.45, 2.75) is 44.7 Å². The van der Waals surface area contributed by atoms with Crippen molar-refractivity contribution in [1.82, 2.24) is 4.90 Å². The van der Waals surface area contributed by atoms with E-state index in [2.05, 4.69) is 4.90 Å². The van der Waals surface area contributed by atoms with Gasteiger partial charge >= 0.3 is 5.97 Å². The second kappa shape index (κ2) is 7.04. The molecule has 3 nitrogen and oxygen atoms in total. The molecule has 1 aromatic carbocycles. The van der Waals surface area contributed by atoms with Gasteiger partial charge in [-0.1, -0.05) is 24.1 Å². The predicted octanol–water partition coefficient (Wildman–Crippen LogP) is 3.70. The Hall–Kier alpha value is -1.13. The summed E-state index contributed by atoms with van der Waals surface area (Å²) in [7, 11) is 0. The van der Waals surface area contributed by atoms with E-state index in [1.807, 2.05) is 0 Å². The van der Waals surface area contributed by atoms with Crippen LogP contribution in [0.3, 0.4) is 0 Å². The summed E-state index contributed by atoms with van der Waals surface area (Å²) >= 11 is 5.75.